The van der Waals surface area contributed by atoms with E-state index in [4.69, 9.17) is 10.8 Å². The van der Waals surface area contributed by atoms with Gasteiger partial charge in [0.2, 0.25) is 5.91 Å². The standard InChI is InChI=1S/C24H22F4N6O2/c25-15-3-1-13(2-4-15)22(14-7-16(26)9-17(27)8-14)23(33-34-30)24(36)32-21-11-31-10-20(28)19(21)6-5-18(29)12-35/h1-4,7-11,18,22-23,35H,5-6,12,29H2,(H,32,36)/t18-,22?,23-/m0/s1. The highest BCUT2D eigenvalue weighted by Crippen LogP contribution is 2.33. The largest absolute Gasteiger partial charge is 0.395 e. The Morgan fingerprint density at radius 1 is 1.06 bits per heavy atom. The molecule has 12 heteroatoms. The predicted molar refractivity (Wildman–Crippen MR) is 124 cm³/mol. The second kappa shape index (κ2) is 12.1. The minimum Gasteiger partial charge on any atom is -0.395 e. The molecule has 0 saturated carbocycles. The minimum atomic E-state index is -1.61. The van der Waals surface area contributed by atoms with Gasteiger partial charge in [0.15, 0.2) is 0 Å². The number of anilines is 1. The fraction of sp³-hybridized carbons (Fsp3) is 0.250. The van der Waals surface area contributed by atoms with Gasteiger partial charge in [0.05, 0.1) is 24.7 Å². The second-order valence-corrected chi connectivity index (χ2v) is 8.00. The molecule has 1 amide bonds. The van der Waals surface area contributed by atoms with Gasteiger partial charge >= 0.3 is 0 Å². The molecule has 3 rings (SSSR count). The van der Waals surface area contributed by atoms with Crippen molar-refractivity contribution in [3.05, 3.63) is 105 Å². The van der Waals surface area contributed by atoms with Gasteiger partial charge in [-0.3, -0.25) is 9.78 Å². The molecule has 0 saturated heterocycles. The van der Waals surface area contributed by atoms with Crippen molar-refractivity contribution >= 4 is 11.6 Å². The fourth-order valence-electron chi connectivity index (χ4n) is 3.76. The van der Waals surface area contributed by atoms with Crippen LogP contribution in [-0.4, -0.2) is 34.7 Å². The normalized spacial score (nSPS) is 13.4. The summed E-state index contributed by atoms with van der Waals surface area (Å²) in [4.78, 5) is 19.8. The molecule has 0 aliphatic heterocycles. The number of rotatable bonds is 10. The van der Waals surface area contributed by atoms with Crippen molar-refractivity contribution in [2.45, 2.75) is 30.8 Å². The Balaban J connectivity index is 2.04. The van der Waals surface area contributed by atoms with E-state index in [1.807, 2.05) is 0 Å². The first-order chi connectivity index (χ1) is 17.2. The Morgan fingerprint density at radius 3 is 2.33 bits per heavy atom. The molecule has 188 valence electrons. The van der Waals surface area contributed by atoms with Gasteiger partial charge in [-0.15, -0.1) is 0 Å². The predicted octanol–water partition coefficient (Wildman–Crippen LogP) is 4.34. The molecule has 0 radical (unpaired) electrons. The smallest absolute Gasteiger partial charge is 0.234 e. The van der Waals surface area contributed by atoms with Gasteiger partial charge in [-0.2, -0.15) is 0 Å². The van der Waals surface area contributed by atoms with Gasteiger partial charge in [-0.25, -0.2) is 17.6 Å². The van der Waals surface area contributed by atoms with E-state index >= 15 is 0 Å². The number of hydrogen-bond donors (Lipinski definition) is 3. The maximum Gasteiger partial charge on any atom is 0.234 e. The lowest BCUT2D eigenvalue weighted by Crippen LogP contribution is -2.33. The third kappa shape index (κ3) is 6.57. The van der Waals surface area contributed by atoms with E-state index in [0.717, 1.165) is 30.5 Å². The van der Waals surface area contributed by atoms with Crippen molar-refractivity contribution in [1.29, 1.82) is 0 Å². The highest BCUT2D eigenvalue weighted by Gasteiger charge is 2.32. The zero-order chi connectivity index (χ0) is 26.2. The van der Waals surface area contributed by atoms with Gasteiger partial charge < -0.3 is 16.2 Å². The van der Waals surface area contributed by atoms with E-state index in [2.05, 4.69) is 20.3 Å². The quantitative estimate of drug-likeness (QED) is 0.164. The Kier molecular flexibility index (Phi) is 8.96. The molecule has 2 aromatic carbocycles. The fourth-order valence-corrected chi connectivity index (χ4v) is 3.76. The van der Waals surface area contributed by atoms with Crippen LogP contribution in [0.2, 0.25) is 0 Å². The number of azide groups is 1. The summed E-state index contributed by atoms with van der Waals surface area (Å²) >= 11 is 0. The van der Waals surface area contributed by atoms with Crippen LogP contribution >= 0.6 is 0 Å². The molecule has 1 heterocycles. The van der Waals surface area contributed by atoms with E-state index in [9.17, 15) is 27.9 Å². The van der Waals surface area contributed by atoms with Gasteiger partial charge in [0, 0.05) is 28.5 Å². The number of amides is 1. The Labute approximate surface area is 203 Å². The first-order valence-corrected chi connectivity index (χ1v) is 10.8. The maximum atomic E-state index is 14.5. The minimum absolute atomic E-state index is 0.0356. The highest BCUT2D eigenvalue weighted by atomic mass is 19.1. The summed E-state index contributed by atoms with van der Waals surface area (Å²) in [5.41, 5.74) is 15.1. The summed E-state index contributed by atoms with van der Waals surface area (Å²) in [7, 11) is 0. The molecule has 1 unspecified atom stereocenters. The van der Waals surface area contributed by atoms with Gasteiger partial charge in [-0.05, 0) is 53.8 Å². The molecule has 0 fully saturated rings. The van der Waals surface area contributed by atoms with Crippen LogP contribution in [0, 0.1) is 23.3 Å². The van der Waals surface area contributed by atoms with Crippen LogP contribution in [0.1, 0.15) is 29.0 Å². The molecule has 0 aliphatic rings. The average molecular weight is 502 g/mol. The van der Waals surface area contributed by atoms with Crippen LogP contribution < -0.4 is 11.1 Å². The van der Waals surface area contributed by atoms with E-state index in [-0.39, 0.29) is 41.8 Å². The van der Waals surface area contributed by atoms with Crippen molar-refractivity contribution in [2.24, 2.45) is 10.8 Å². The number of nitrogens with zero attached hydrogens (tertiary/aromatic N) is 4. The first kappa shape index (κ1) is 26.6. The SMILES string of the molecule is [N-]=[N+]=N[C@H](C(=O)Nc1cncc(F)c1CC[C@H](N)CO)C(c1ccc(F)cc1)c1cc(F)cc(F)c1. The lowest BCUT2D eigenvalue weighted by atomic mass is 9.84. The van der Waals surface area contributed by atoms with Gasteiger partial charge in [0.25, 0.3) is 0 Å². The number of aromatic nitrogens is 1. The summed E-state index contributed by atoms with van der Waals surface area (Å²) in [5.74, 6) is -5.35. The third-order valence-electron chi connectivity index (χ3n) is 5.50. The number of hydrogen-bond acceptors (Lipinski definition) is 5. The average Bonchev–Trinajstić information content (AvgIpc) is 2.83. The Bertz CT molecular complexity index is 1250. The Morgan fingerprint density at radius 2 is 1.72 bits per heavy atom. The van der Waals surface area contributed by atoms with Crippen molar-refractivity contribution in [3.8, 4) is 0 Å². The molecular formula is C24H22F4N6O2. The number of aliphatic hydroxyl groups is 1. The van der Waals surface area contributed by atoms with Crippen molar-refractivity contribution in [2.75, 3.05) is 11.9 Å². The number of nitrogens with one attached hydrogen (secondary N) is 1. The molecule has 3 atom stereocenters. The van der Waals surface area contributed by atoms with E-state index < -0.39 is 47.2 Å². The summed E-state index contributed by atoms with van der Waals surface area (Å²) in [5, 5.41) is 15.2. The number of benzene rings is 2. The number of carbonyl (C=O) groups excluding carboxylic acids is 1. The van der Waals surface area contributed by atoms with Crippen LogP contribution in [0.25, 0.3) is 10.4 Å². The third-order valence-corrected chi connectivity index (χ3v) is 5.50. The molecular weight excluding hydrogens is 480 g/mol. The van der Waals surface area contributed by atoms with Gasteiger partial charge in [-0.1, -0.05) is 17.2 Å². The molecule has 36 heavy (non-hydrogen) atoms. The van der Waals surface area contributed by atoms with Crippen molar-refractivity contribution < 1.29 is 27.5 Å². The summed E-state index contributed by atoms with van der Waals surface area (Å²) in [6.07, 6.45) is 2.37. The van der Waals surface area contributed by atoms with Crippen molar-refractivity contribution in [1.82, 2.24) is 4.98 Å². The number of carbonyl (C=O) groups is 1. The summed E-state index contributed by atoms with van der Waals surface area (Å²) in [6, 6.07) is 5.09. The van der Waals surface area contributed by atoms with Gasteiger partial charge in [0.1, 0.15) is 29.3 Å². The van der Waals surface area contributed by atoms with E-state index in [1.165, 1.54) is 18.3 Å². The van der Waals surface area contributed by atoms with Crippen LogP contribution in [0.5, 0.6) is 0 Å². The van der Waals surface area contributed by atoms with Crippen LogP contribution in [0.3, 0.4) is 0 Å². The molecule has 8 nitrogen and oxygen atoms in total. The molecule has 0 aliphatic carbocycles. The van der Waals surface area contributed by atoms with Crippen molar-refractivity contribution in [3.63, 3.8) is 0 Å². The Hall–Kier alpha value is -3.99. The van der Waals surface area contributed by atoms with E-state index in [0.29, 0.717) is 6.07 Å². The second-order valence-electron chi connectivity index (χ2n) is 8.00. The van der Waals surface area contributed by atoms with Crippen LogP contribution in [0.15, 0.2) is 60.0 Å². The summed E-state index contributed by atoms with van der Waals surface area (Å²) in [6.45, 7) is -0.323. The summed E-state index contributed by atoms with van der Waals surface area (Å²) < 4.78 is 56.2. The molecule has 0 bridgehead atoms. The maximum absolute atomic E-state index is 14.5. The zero-order valence-electron chi connectivity index (χ0n) is 18.8. The number of nitrogens with two attached hydrogens (primary N) is 1. The van der Waals surface area contributed by atoms with Crippen LogP contribution in [0.4, 0.5) is 23.2 Å². The molecule has 3 aromatic rings. The zero-order valence-corrected chi connectivity index (χ0v) is 18.8. The topological polar surface area (TPSA) is 137 Å². The lowest BCUT2D eigenvalue weighted by molar-refractivity contribution is -0.117. The molecule has 1 aromatic heterocycles. The molecule has 4 N–H and O–H groups in total. The molecule has 0 spiro atoms. The monoisotopic (exact) mass is 502 g/mol. The van der Waals surface area contributed by atoms with E-state index in [1.54, 1.807) is 0 Å². The number of halogens is 4. The number of aliphatic hydroxyl groups excluding tert-OH is 1. The lowest BCUT2D eigenvalue weighted by Gasteiger charge is -2.25. The highest BCUT2D eigenvalue weighted by molar-refractivity contribution is 5.96. The number of pyridine rings is 1. The van der Waals surface area contributed by atoms with Crippen LogP contribution in [-0.2, 0) is 11.2 Å². The first-order valence-electron chi connectivity index (χ1n) is 10.8.